The first-order chi connectivity index (χ1) is 5.61. The normalized spacial score (nSPS) is 32.8. The highest BCUT2D eigenvalue weighted by Gasteiger charge is 2.27. The molecule has 0 bridgehead atoms. The molecule has 0 unspecified atom stereocenters. The molecule has 4 N–H and O–H groups in total. The van der Waals surface area contributed by atoms with E-state index in [2.05, 4.69) is 5.73 Å². The Morgan fingerprint density at radius 1 is 1.42 bits per heavy atom. The molecular formula is C8H15NO3. The van der Waals surface area contributed by atoms with Gasteiger partial charge in [0, 0.05) is 5.92 Å². The summed E-state index contributed by atoms with van der Waals surface area (Å²) < 4.78 is 0. The van der Waals surface area contributed by atoms with Crippen molar-refractivity contribution in [1.29, 1.82) is 0 Å². The maximum absolute atomic E-state index is 10.4. The largest absolute Gasteiger partial charge is 0.544 e. The van der Waals surface area contributed by atoms with Crippen LogP contribution in [-0.4, -0.2) is 23.2 Å². The van der Waals surface area contributed by atoms with Gasteiger partial charge in [0.25, 0.3) is 0 Å². The standard InChI is InChI=1S/C8H15NO3/c9-7(8(11)12)5-1-3-6(10)4-2-5/h5-7,10H,1-4,9H2,(H,11,12)/t5?,6?,7-/m0/s1. The molecule has 0 radical (unpaired) electrons. The second-order valence-electron chi connectivity index (χ2n) is 3.49. The van der Waals surface area contributed by atoms with Crippen LogP contribution in [0.1, 0.15) is 25.7 Å². The van der Waals surface area contributed by atoms with Gasteiger partial charge in [-0.25, -0.2) is 0 Å². The second kappa shape index (κ2) is 3.87. The van der Waals surface area contributed by atoms with Crippen LogP contribution in [0.4, 0.5) is 0 Å². The van der Waals surface area contributed by atoms with Gasteiger partial charge in [0.1, 0.15) is 6.04 Å². The Labute approximate surface area is 71.4 Å². The van der Waals surface area contributed by atoms with Crippen LogP contribution in [0.15, 0.2) is 0 Å². The fourth-order valence-electron chi connectivity index (χ4n) is 1.70. The molecule has 4 heteroatoms. The molecule has 0 spiro atoms. The smallest absolute Gasteiger partial charge is 0.127 e. The summed E-state index contributed by atoms with van der Waals surface area (Å²) in [6.45, 7) is 0. The Kier molecular flexibility index (Phi) is 3.05. The molecule has 0 aromatic rings. The van der Waals surface area contributed by atoms with Gasteiger partial charge in [-0.1, -0.05) is 0 Å². The molecule has 1 fully saturated rings. The van der Waals surface area contributed by atoms with Gasteiger partial charge in [-0.15, -0.1) is 0 Å². The van der Waals surface area contributed by atoms with E-state index in [4.69, 9.17) is 5.11 Å². The zero-order valence-electron chi connectivity index (χ0n) is 7.03. The van der Waals surface area contributed by atoms with Gasteiger partial charge in [-0.3, -0.25) is 0 Å². The first kappa shape index (κ1) is 9.48. The highest BCUT2D eigenvalue weighted by atomic mass is 16.4. The maximum atomic E-state index is 10.4. The molecule has 1 atom stereocenters. The van der Waals surface area contributed by atoms with E-state index in [0.29, 0.717) is 12.8 Å². The lowest BCUT2D eigenvalue weighted by atomic mass is 9.83. The summed E-state index contributed by atoms with van der Waals surface area (Å²) in [7, 11) is 0. The molecule has 12 heavy (non-hydrogen) atoms. The Morgan fingerprint density at radius 2 is 1.92 bits per heavy atom. The maximum Gasteiger partial charge on any atom is 0.127 e. The van der Waals surface area contributed by atoms with Gasteiger partial charge >= 0.3 is 0 Å². The van der Waals surface area contributed by atoms with Crippen LogP contribution in [-0.2, 0) is 4.79 Å². The van der Waals surface area contributed by atoms with Crippen LogP contribution in [0.25, 0.3) is 0 Å². The van der Waals surface area contributed by atoms with Gasteiger partial charge < -0.3 is 20.7 Å². The molecule has 1 rings (SSSR count). The lowest BCUT2D eigenvalue weighted by Crippen LogP contribution is -2.71. The molecule has 0 saturated heterocycles. The summed E-state index contributed by atoms with van der Waals surface area (Å²) >= 11 is 0. The van der Waals surface area contributed by atoms with E-state index >= 15 is 0 Å². The monoisotopic (exact) mass is 173 g/mol. The van der Waals surface area contributed by atoms with Gasteiger partial charge in [-0.2, -0.15) is 0 Å². The van der Waals surface area contributed by atoms with Crippen molar-refractivity contribution in [2.24, 2.45) is 5.92 Å². The van der Waals surface area contributed by atoms with E-state index in [0.717, 1.165) is 12.8 Å². The summed E-state index contributed by atoms with van der Waals surface area (Å²) in [5, 5.41) is 19.6. The van der Waals surface area contributed by atoms with Crippen molar-refractivity contribution < 1.29 is 20.7 Å². The molecule has 0 aliphatic heterocycles. The van der Waals surface area contributed by atoms with Crippen LogP contribution in [0, 0.1) is 5.92 Å². The number of aliphatic carboxylic acids is 1. The first-order valence-corrected chi connectivity index (χ1v) is 4.33. The Bertz CT molecular complexity index is 164. The van der Waals surface area contributed by atoms with Crippen LogP contribution in [0.2, 0.25) is 0 Å². The third kappa shape index (κ3) is 2.19. The van der Waals surface area contributed by atoms with Crippen LogP contribution in [0.5, 0.6) is 0 Å². The van der Waals surface area contributed by atoms with Crippen molar-refractivity contribution >= 4 is 5.97 Å². The van der Waals surface area contributed by atoms with Crippen LogP contribution < -0.4 is 10.8 Å². The zero-order valence-corrected chi connectivity index (χ0v) is 7.03. The van der Waals surface area contributed by atoms with Crippen LogP contribution >= 0.6 is 0 Å². The number of rotatable bonds is 2. The lowest BCUT2D eigenvalue weighted by molar-refractivity contribution is -0.449. The SMILES string of the molecule is [NH3+][C@H](C(=O)[O-])C1CCC(O)CC1. The van der Waals surface area contributed by atoms with E-state index in [1.165, 1.54) is 0 Å². The third-order valence-electron chi connectivity index (χ3n) is 2.61. The molecule has 1 aliphatic rings. The fourth-order valence-corrected chi connectivity index (χ4v) is 1.70. The molecule has 1 saturated carbocycles. The van der Waals surface area contributed by atoms with E-state index < -0.39 is 12.0 Å². The summed E-state index contributed by atoms with van der Waals surface area (Å²) in [5.41, 5.74) is 3.54. The molecule has 0 aromatic heterocycles. The number of hydrogen-bond acceptors (Lipinski definition) is 3. The average molecular weight is 173 g/mol. The van der Waals surface area contributed by atoms with Crippen LogP contribution in [0.3, 0.4) is 0 Å². The molecule has 4 nitrogen and oxygen atoms in total. The van der Waals surface area contributed by atoms with Crippen molar-refractivity contribution in [1.82, 2.24) is 0 Å². The summed E-state index contributed by atoms with van der Waals surface area (Å²) in [6, 6.07) is -0.613. The summed E-state index contributed by atoms with van der Waals surface area (Å²) in [5.74, 6) is -0.977. The minimum absolute atomic E-state index is 0.0957. The van der Waals surface area contributed by atoms with Crippen molar-refractivity contribution in [3.8, 4) is 0 Å². The predicted octanol–water partition coefficient (Wildman–Crippen LogP) is -2.10. The number of aliphatic hydroxyl groups is 1. The number of carbonyl (C=O) groups is 1. The second-order valence-corrected chi connectivity index (χ2v) is 3.49. The van der Waals surface area contributed by atoms with Crippen molar-refractivity contribution in [3.63, 3.8) is 0 Å². The topological polar surface area (TPSA) is 88.0 Å². The fraction of sp³-hybridized carbons (Fsp3) is 0.875. The van der Waals surface area contributed by atoms with Gasteiger partial charge in [0.2, 0.25) is 0 Å². The van der Waals surface area contributed by atoms with Crippen molar-refractivity contribution in [2.45, 2.75) is 37.8 Å². The van der Waals surface area contributed by atoms with Crippen molar-refractivity contribution in [3.05, 3.63) is 0 Å². The van der Waals surface area contributed by atoms with E-state index in [1.807, 2.05) is 0 Å². The molecule has 1 aliphatic carbocycles. The number of carboxylic acid groups (broad SMARTS) is 1. The van der Waals surface area contributed by atoms with Gasteiger partial charge in [0.05, 0.1) is 12.1 Å². The summed E-state index contributed by atoms with van der Waals surface area (Å²) in [6.07, 6.45) is 2.66. The molecule has 0 heterocycles. The Balaban J connectivity index is 2.39. The number of aliphatic hydroxyl groups excluding tert-OH is 1. The molecular weight excluding hydrogens is 158 g/mol. The molecule has 0 aromatic carbocycles. The minimum atomic E-state index is -1.07. The Morgan fingerprint density at radius 3 is 2.33 bits per heavy atom. The minimum Gasteiger partial charge on any atom is -0.544 e. The average Bonchev–Trinajstić information content (AvgIpc) is 2.04. The van der Waals surface area contributed by atoms with Crippen molar-refractivity contribution in [2.75, 3.05) is 0 Å². The quantitative estimate of drug-likeness (QED) is 0.501. The van der Waals surface area contributed by atoms with E-state index in [-0.39, 0.29) is 12.0 Å². The number of carbonyl (C=O) groups excluding carboxylic acids is 1. The van der Waals surface area contributed by atoms with E-state index in [9.17, 15) is 9.90 Å². The number of hydrogen-bond donors (Lipinski definition) is 2. The van der Waals surface area contributed by atoms with Gasteiger partial charge in [-0.05, 0) is 25.7 Å². The molecule has 70 valence electrons. The highest BCUT2D eigenvalue weighted by Crippen LogP contribution is 2.25. The zero-order chi connectivity index (χ0) is 9.14. The molecule has 0 amide bonds. The first-order valence-electron chi connectivity index (χ1n) is 4.33. The highest BCUT2D eigenvalue weighted by molar-refractivity contribution is 5.69. The van der Waals surface area contributed by atoms with E-state index in [1.54, 1.807) is 0 Å². The number of quaternary nitrogens is 1. The third-order valence-corrected chi connectivity index (χ3v) is 2.61. The number of carboxylic acids is 1. The lowest BCUT2D eigenvalue weighted by Gasteiger charge is -2.28. The predicted molar refractivity (Wildman–Crippen MR) is 39.6 cm³/mol. The van der Waals surface area contributed by atoms with Gasteiger partial charge in [0.15, 0.2) is 0 Å². The Hall–Kier alpha value is -0.610. The summed E-state index contributed by atoms with van der Waals surface area (Å²) in [4.78, 5) is 10.4.